The molecule has 354 valence electrons. The fourth-order valence-corrected chi connectivity index (χ4v) is 8.96. The first-order chi connectivity index (χ1) is 29.1. The summed E-state index contributed by atoms with van der Waals surface area (Å²) in [6, 6.07) is -0.706. The number of carbonyl (C=O) groups excluding carboxylic acids is 1. The molecule has 0 bridgehead atoms. The van der Waals surface area contributed by atoms with Gasteiger partial charge >= 0.3 is 0 Å². The fourth-order valence-electron chi connectivity index (χ4n) is 8.96. The van der Waals surface area contributed by atoms with Gasteiger partial charge in [-0.3, -0.25) is 4.79 Å². The van der Waals surface area contributed by atoms with Gasteiger partial charge in [0, 0.05) is 0 Å². The minimum absolute atomic E-state index is 0.307. The van der Waals surface area contributed by atoms with Gasteiger partial charge in [-0.15, -0.1) is 0 Å². The van der Waals surface area contributed by atoms with Crippen molar-refractivity contribution in [3.05, 3.63) is 0 Å². The van der Waals surface area contributed by atoms with Crippen molar-refractivity contribution in [2.75, 3.05) is 6.61 Å². The van der Waals surface area contributed by atoms with Crippen molar-refractivity contribution in [3.8, 4) is 0 Å². The van der Waals surface area contributed by atoms with Crippen molar-refractivity contribution in [2.45, 2.75) is 334 Å². The highest BCUT2D eigenvalue weighted by molar-refractivity contribution is 5.80. The monoisotopic (exact) mass is 836 g/mol. The molecule has 0 spiro atoms. The van der Waals surface area contributed by atoms with Crippen molar-refractivity contribution in [1.29, 1.82) is 0 Å². The van der Waals surface area contributed by atoms with Crippen molar-refractivity contribution >= 4 is 5.91 Å². The summed E-state index contributed by atoms with van der Waals surface area (Å²) in [4.78, 5) is 12.5. The van der Waals surface area contributed by atoms with Crippen LogP contribution in [0.5, 0.6) is 0 Å². The van der Waals surface area contributed by atoms with Crippen LogP contribution in [0.3, 0.4) is 0 Å². The van der Waals surface area contributed by atoms with Gasteiger partial charge in [-0.2, -0.15) is 0 Å². The molecule has 0 saturated carbocycles. The predicted octanol–water partition coefficient (Wildman–Crippen LogP) is 16.6. The molecule has 0 heterocycles. The van der Waals surface area contributed by atoms with Crippen LogP contribution in [0.25, 0.3) is 0 Å². The molecule has 0 aliphatic heterocycles. The van der Waals surface area contributed by atoms with Gasteiger partial charge in [0.1, 0.15) is 6.10 Å². The number of hydrogen-bond acceptors (Lipinski definition) is 4. The van der Waals surface area contributed by atoms with Crippen LogP contribution < -0.4 is 5.32 Å². The highest BCUT2D eigenvalue weighted by Gasteiger charge is 2.23. The van der Waals surface area contributed by atoms with Crippen molar-refractivity contribution < 1.29 is 20.1 Å². The summed E-state index contributed by atoms with van der Waals surface area (Å²) in [6.07, 6.45) is 60.0. The van der Waals surface area contributed by atoms with Crippen LogP contribution in [0.1, 0.15) is 316 Å². The lowest BCUT2D eigenvalue weighted by Crippen LogP contribution is -2.49. The number of rotatable bonds is 51. The summed E-state index contributed by atoms with van der Waals surface area (Å²) >= 11 is 0. The Bertz CT molecular complexity index is 792. The average Bonchev–Trinajstić information content (AvgIpc) is 3.24. The third-order valence-corrected chi connectivity index (χ3v) is 13.2. The first-order valence-electron chi connectivity index (χ1n) is 27.3. The topological polar surface area (TPSA) is 89.8 Å². The highest BCUT2D eigenvalue weighted by Crippen LogP contribution is 2.18. The van der Waals surface area contributed by atoms with E-state index in [2.05, 4.69) is 19.2 Å². The molecule has 4 N–H and O–H groups in total. The molecule has 0 radical (unpaired) electrons. The van der Waals surface area contributed by atoms with Crippen molar-refractivity contribution in [3.63, 3.8) is 0 Å². The largest absolute Gasteiger partial charge is 0.394 e. The van der Waals surface area contributed by atoms with Crippen molar-refractivity contribution in [1.82, 2.24) is 5.32 Å². The van der Waals surface area contributed by atoms with E-state index in [0.29, 0.717) is 12.8 Å². The van der Waals surface area contributed by atoms with Crippen LogP contribution in [0, 0.1) is 0 Å². The predicted molar refractivity (Wildman–Crippen MR) is 259 cm³/mol. The second-order valence-corrected chi connectivity index (χ2v) is 19.2. The minimum atomic E-state index is -1.07. The van der Waals surface area contributed by atoms with Crippen molar-refractivity contribution in [2.24, 2.45) is 0 Å². The van der Waals surface area contributed by atoms with Crippen LogP contribution in [0.2, 0.25) is 0 Å². The Balaban J connectivity index is 3.47. The minimum Gasteiger partial charge on any atom is -0.394 e. The molecule has 3 unspecified atom stereocenters. The average molecular weight is 836 g/mol. The standard InChI is InChI=1S/C54H109NO4/c1-3-5-7-9-11-13-15-17-19-21-22-23-24-25-26-27-28-29-30-31-32-33-35-37-39-41-43-45-47-49-53(58)54(59)55-51(50-56)52(57)48-46-44-42-40-38-36-34-20-18-16-14-12-10-8-6-4-2/h51-53,56-58H,3-50H2,1-2H3,(H,55,59). The van der Waals surface area contributed by atoms with E-state index in [9.17, 15) is 20.1 Å². The number of aliphatic hydroxyl groups is 3. The van der Waals surface area contributed by atoms with E-state index in [4.69, 9.17) is 0 Å². The molecule has 59 heavy (non-hydrogen) atoms. The molecule has 0 aromatic heterocycles. The van der Waals surface area contributed by atoms with Crippen LogP contribution in [0.4, 0.5) is 0 Å². The molecule has 0 aliphatic rings. The summed E-state index contributed by atoms with van der Waals surface area (Å²) in [5, 5.41) is 33.5. The van der Waals surface area contributed by atoms with Crippen LogP contribution >= 0.6 is 0 Å². The van der Waals surface area contributed by atoms with E-state index in [0.717, 1.165) is 32.1 Å². The van der Waals surface area contributed by atoms with Gasteiger partial charge in [-0.1, -0.05) is 303 Å². The molecule has 0 aromatic carbocycles. The number of aliphatic hydroxyl groups excluding tert-OH is 3. The summed E-state index contributed by atoms with van der Waals surface area (Å²) in [5.74, 6) is -0.463. The van der Waals surface area contributed by atoms with E-state index in [-0.39, 0.29) is 6.61 Å². The molecular formula is C54H109NO4. The Morgan fingerprint density at radius 1 is 0.339 bits per heavy atom. The van der Waals surface area contributed by atoms with E-state index in [1.165, 1.54) is 257 Å². The lowest BCUT2D eigenvalue weighted by Gasteiger charge is -2.23. The fraction of sp³-hybridized carbons (Fsp3) is 0.981. The number of carbonyl (C=O) groups is 1. The third kappa shape index (κ3) is 45.2. The maximum absolute atomic E-state index is 12.5. The van der Waals surface area contributed by atoms with Gasteiger partial charge in [-0.25, -0.2) is 0 Å². The summed E-state index contributed by atoms with van der Waals surface area (Å²) < 4.78 is 0. The van der Waals surface area contributed by atoms with Crippen LogP contribution in [-0.4, -0.2) is 46.1 Å². The van der Waals surface area contributed by atoms with Gasteiger partial charge in [0.2, 0.25) is 5.91 Å². The Hall–Kier alpha value is -0.650. The quantitative estimate of drug-likeness (QED) is 0.0460. The molecule has 0 aromatic rings. The zero-order valence-corrected chi connectivity index (χ0v) is 40.4. The number of hydrogen-bond donors (Lipinski definition) is 4. The van der Waals surface area contributed by atoms with E-state index in [1.54, 1.807) is 0 Å². The zero-order valence-electron chi connectivity index (χ0n) is 40.4. The lowest BCUT2D eigenvalue weighted by molar-refractivity contribution is -0.131. The molecule has 1 amide bonds. The van der Waals surface area contributed by atoms with Crippen LogP contribution in [-0.2, 0) is 4.79 Å². The summed E-state index contributed by atoms with van der Waals surface area (Å²) in [5.41, 5.74) is 0. The Morgan fingerprint density at radius 3 is 0.763 bits per heavy atom. The maximum atomic E-state index is 12.5. The molecular weight excluding hydrogens is 727 g/mol. The smallest absolute Gasteiger partial charge is 0.249 e. The number of amides is 1. The maximum Gasteiger partial charge on any atom is 0.249 e. The SMILES string of the molecule is CCCCCCCCCCCCCCCCCCCCCCCCCCCCCCCC(O)C(=O)NC(CO)C(O)CCCCCCCCCCCCCCCCCC. The Morgan fingerprint density at radius 2 is 0.542 bits per heavy atom. The molecule has 0 rings (SSSR count). The van der Waals surface area contributed by atoms with Gasteiger partial charge in [0.15, 0.2) is 0 Å². The molecule has 5 nitrogen and oxygen atoms in total. The molecule has 0 aliphatic carbocycles. The first-order valence-corrected chi connectivity index (χ1v) is 27.3. The summed E-state index contributed by atoms with van der Waals surface area (Å²) in [7, 11) is 0. The lowest BCUT2D eigenvalue weighted by atomic mass is 10.0. The van der Waals surface area contributed by atoms with Crippen LogP contribution in [0.15, 0.2) is 0 Å². The molecule has 5 heteroatoms. The van der Waals surface area contributed by atoms with Gasteiger partial charge in [0.05, 0.1) is 18.8 Å². The Kier molecular flexibility index (Phi) is 49.4. The summed E-state index contributed by atoms with van der Waals surface area (Å²) in [6.45, 7) is 4.27. The van der Waals surface area contributed by atoms with Gasteiger partial charge in [-0.05, 0) is 12.8 Å². The number of nitrogens with one attached hydrogen (secondary N) is 1. The van der Waals surface area contributed by atoms with Gasteiger partial charge in [0.25, 0.3) is 0 Å². The van der Waals surface area contributed by atoms with E-state index >= 15 is 0 Å². The zero-order chi connectivity index (χ0) is 43.0. The molecule has 3 atom stereocenters. The number of unbranched alkanes of at least 4 members (excludes halogenated alkanes) is 43. The second kappa shape index (κ2) is 50.0. The molecule has 0 saturated heterocycles. The molecule has 0 fully saturated rings. The van der Waals surface area contributed by atoms with Gasteiger partial charge < -0.3 is 20.6 Å². The normalized spacial score (nSPS) is 13.2. The van der Waals surface area contributed by atoms with E-state index in [1.807, 2.05) is 0 Å². The highest BCUT2D eigenvalue weighted by atomic mass is 16.3. The second-order valence-electron chi connectivity index (χ2n) is 19.2. The van der Waals surface area contributed by atoms with E-state index < -0.39 is 24.2 Å². The Labute approximate surface area is 370 Å². The first kappa shape index (κ1) is 58.4. The third-order valence-electron chi connectivity index (χ3n) is 13.2.